The number of carbonyl (C=O) groups is 1. The molecule has 0 fully saturated rings. The standard InChI is InChI=1S/C25H21FN4O3S/c1-16(17-7-9-18(26)10-8-17)28-29-23(31)15-34-25-27-22-6-4-3-5-21(22)24(32)30(25)19-11-13-20(33-2)14-12-19/h3-14H,15H2,1-2H3,(H,29,31)/b28-16+. The molecule has 0 bridgehead atoms. The summed E-state index contributed by atoms with van der Waals surface area (Å²) < 4.78 is 19.8. The maximum Gasteiger partial charge on any atom is 0.266 e. The van der Waals surface area contributed by atoms with Crippen LogP contribution in [-0.2, 0) is 4.79 Å². The summed E-state index contributed by atoms with van der Waals surface area (Å²) in [7, 11) is 1.57. The van der Waals surface area contributed by atoms with E-state index in [1.54, 1.807) is 74.7 Å². The van der Waals surface area contributed by atoms with Crippen LogP contribution in [0.3, 0.4) is 0 Å². The highest BCUT2D eigenvalue weighted by Gasteiger charge is 2.15. The molecule has 0 aliphatic heterocycles. The summed E-state index contributed by atoms with van der Waals surface area (Å²) in [5, 5.41) is 4.94. The first-order valence-corrected chi connectivity index (χ1v) is 11.3. The van der Waals surface area contributed by atoms with Crippen molar-refractivity contribution in [1.82, 2.24) is 15.0 Å². The summed E-state index contributed by atoms with van der Waals surface area (Å²) in [4.78, 5) is 30.4. The van der Waals surface area contributed by atoms with Gasteiger partial charge < -0.3 is 4.74 Å². The molecule has 0 atom stereocenters. The molecule has 1 N–H and O–H groups in total. The maximum atomic E-state index is 13.3. The van der Waals surface area contributed by atoms with Crippen molar-refractivity contribution in [2.75, 3.05) is 12.9 Å². The first kappa shape index (κ1) is 23.2. The maximum absolute atomic E-state index is 13.3. The van der Waals surface area contributed by atoms with Gasteiger partial charge in [-0.15, -0.1) is 0 Å². The predicted molar refractivity (Wildman–Crippen MR) is 131 cm³/mol. The van der Waals surface area contributed by atoms with E-state index in [0.29, 0.717) is 38.8 Å². The van der Waals surface area contributed by atoms with E-state index in [1.165, 1.54) is 16.7 Å². The van der Waals surface area contributed by atoms with E-state index >= 15 is 0 Å². The highest BCUT2D eigenvalue weighted by Crippen LogP contribution is 2.22. The lowest BCUT2D eigenvalue weighted by Gasteiger charge is -2.13. The molecule has 1 heterocycles. The second-order valence-corrected chi connectivity index (χ2v) is 8.22. The number of para-hydroxylation sites is 1. The molecule has 1 aromatic heterocycles. The van der Waals surface area contributed by atoms with Gasteiger partial charge in [0, 0.05) is 0 Å². The molecule has 0 radical (unpaired) electrons. The van der Waals surface area contributed by atoms with Crippen molar-refractivity contribution >= 4 is 34.3 Å². The summed E-state index contributed by atoms with van der Waals surface area (Å²) in [5.41, 5.74) is 4.65. The number of carbonyl (C=O) groups excluding carboxylic acids is 1. The van der Waals surface area contributed by atoms with E-state index in [2.05, 4.69) is 15.5 Å². The second kappa shape index (κ2) is 10.3. The van der Waals surface area contributed by atoms with Crippen LogP contribution < -0.4 is 15.7 Å². The normalized spacial score (nSPS) is 11.4. The zero-order chi connectivity index (χ0) is 24.1. The van der Waals surface area contributed by atoms with Crippen molar-refractivity contribution in [2.45, 2.75) is 12.1 Å². The van der Waals surface area contributed by atoms with Gasteiger partial charge in [-0.3, -0.25) is 14.2 Å². The van der Waals surface area contributed by atoms with E-state index in [9.17, 15) is 14.0 Å². The van der Waals surface area contributed by atoms with Crippen molar-refractivity contribution < 1.29 is 13.9 Å². The molecule has 34 heavy (non-hydrogen) atoms. The minimum Gasteiger partial charge on any atom is -0.497 e. The number of aromatic nitrogens is 2. The lowest BCUT2D eigenvalue weighted by atomic mass is 10.1. The van der Waals surface area contributed by atoms with Crippen molar-refractivity contribution in [3.8, 4) is 11.4 Å². The van der Waals surface area contributed by atoms with Gasteiger partial charge in [0.05, 0.1) is 35.2 Å². The van der Waals surface area contributed by atoms with Gasteiger partial charge in [-0.1, -0.05) is 36.0 Å². The van der Waals surface area contributed by atoms with Crippen LogP contribution in [0.4, 0.5) is 4.39 Å². The fourth-order valence-corrected chi connectivity index (χ4v) is 4.04. The van der Waals surface area contributed by atoms with E-state index < -0.39 is 0 Å². The summed E-state index contributed by atoms with van der Waals surface area (Å²) in [6.45, 7) is 1.72. The number of rotatable bonds is 7. The van der Waals surface area contributed by atoms with Crippen LogP contribution in [0.5, 0.6) is 5.75 Å². The highest BCUT2D eigenvalue weighted by atomic mass is 32.2. The van der Waals surface area contributed by atoms with E-state index in [1.807, 2.05) is 0 Å². The number of thioether (sulfide) groups is 1. The molecule has 0 saturated heterocycles. The van der Waals surface area contributed by atoms with Crippen LogP contribution in [0.25, 0.3) is 16.6 Å². The number of benzene rings is 3. The number of fused-ring (bicyclic) bond motifs is 1. The molecule has 0 aliphatic carbocycles. The molecule has 9 heteroatoms. The van der Waals surface area contributed by atoms with Crippen molar-refractivity contribution in [3.63, 3.8) is 0 Å². The number of nitrogens with zero attached hydrogens (tertiary/aromatic N) is 3. The summed E-state index contributed by atoms with van der Waals surface area (Å²) in [5.74, 6) is -0.0624. The third-order valence-electron chi connectivity index (χ3n) is 5.02. The largest absolute Gasteiger partial charge is 0.497 e. The lowest BCUT2D eigenvalue weighted by molar-refractivity contribution is -0.118. The van der Waals surface area contributed by atoms with Crippen molar-refractivity contribution in [1.29, 1.82) is 0 Å². The Morgan fingerprint density at radius 3 is 2.50 bits per heavy atom. The van der Waals surface area contributed by atoms with Gasteiger partial charge in [0.1, 0.15) is 11.6 Å². The number of hydrazone groups is 1. The van der Waals surface area contributed by atoms with E-state index in [-0.39, 0.29) is 23.0 Å². The summed E-state index contributed by atoms with van der Waals surface area (Å²) in [6.07, 6.45) is 0. The van der Waals surface area contributed by atoms with Gasteiger partial charge in [-0.2, -0.15) is 5.10 Å². The molecule has 172 valence electrons. The molecule has 3 aromatic carbocycles. The SMILES string of the molecule is COc1ccc(-n2c(SCC(=O)N/N=C(\C)c3ccc(F)cc3)nc3ccccc3c2=O)cc1. The molecule has 4 rings (SSSR count). The van der Waals surface area contributed by atoms with Crippen LogP contribution in [0.1, 0.15) is 12.5 Å². The molecule has 7 nitrogen and oxygen atoms in total. The molecular formula is C25H21FN4O3S. The number of amides is 1. The summed E-state index contributed by atoms with van der Waals surface area (Å²) >= 11 is 1.13. The van der Waals surface area contributed by atoms with E-state index in [4.69, 9.17) is 4.74 Å². The lowest BCUT2D eigenvalue weighted by Crippen LogP contribution is -2.24. The Hall–Kier alpha value is -3.98. The topological polar surface area (TPSA) is 85.6 Å². The fraction of sp³-hybridized carbons (Fsp3) is 0.120. The van der Waals surface area contributed by atoms with Gasteiger partial charge in [0.2, 0.25) is 0 Å². The second-order valence-electron chi connectivity index (χ2n) is 7.28. The zero-order valence-electron chi connectivity index (χ0n) is 18.5. The zero-order valence-corrected chi connectivity index (χ0v) is 19.3. The Morgan fingerprint density at radius 1 is 1.09 bits per heavy atom. The van der Waals surface area contributed by atoms with Gasteiger partial charge in [-0.05, 0) is 61.0 Å². The Bertz CT molecular complexity index is 1420. The molecule has 4 aromatic rings. The number of methoxy groups -OCH3 is 1. The van der Waals surface area contributed by atoms with Gasteiger partial charge >= 0.3 is 0 Å². The molecule has 0 unspecified atom stereocenters. The third-order valence-corrected chi connectivity index (χ3v) is 5.96. The fourth-order valence-electron chi connectivity index (χ4n) is 3.23. The van der Waals surface area contributed by atoms with Gasteiger partial charge in [0.25, 0.3) is 11.5 Å². The van der Waals surface area contributed by atoms with Gasteiger partial charge in [0.15, 0.2) is 5.16 Å². The number of halogens is 1. The number of nitrogens with one attached hydrogen (secondary N) is 1. The predicted octanol–water partition coefficient (Wildman–Crippen LogP) is 4.17. The number of hydrogen-bond acceptors (Lipinski definition) is 6. The Kier molecular flexibility index (Phi) is 7.03. The van der Waals surface area contributed by atoms with Crippen LogP contribution in [-0.4, -0.2) is 34.0 Å². The quantitative estimate of drug-likeness (QED) is 0.187. The van der Waals surface area contributed by atoms with Gasteiger partial charge in [-0.25, -0.2) is 14.8 Å². The molecule has 0 saturated carbocycles. The highest BCUT2D eigenvalue weighted by molar-refractivity contribution is 7.99. The minimum absolute atomic E-state index is 0.0128. The molecular weight excluding hydrogens is 455 g/mol. The van der Waals surface area contributed by atoms with Crippen molar-refractivity contribution in [2.24, 2.45) is 5.10 Å². The molecule has 0 spiro atoms. The Balaban J connectivity index is 1.58. The third kappa shape index (κ3) is 5.15. The minimum atomic E-state index is -0.366. The van der Waals surface area contributed by atoms with Crippen LogP contribution in [0.2, 0.25) is 0 Å². The number of hydrogen-bond donors (Lipinski definition) is 1. The Morgan fingerprint density at radius 2 is 1.79 bits per heavy atom. The molecule has 0 aliphatic rings. The average molecular weight is 477 g/mol. The van der Waals surface area contributed by atoms with Crippen molar-refractivity contribution in [3.05, 3.63) is 94.5 Å². The first-order valence-electron chi connectivity index (χ1n) is 10.3. The Labute approximate surface area is 199 Å². The van der Waals surface area contributed by atoms with Crippen LogP contribution >= 0.6 is 11.8 Å². The average Bonchev–Trinajstić information content (AvgIpc) is 2.86. The molecule has 1 amide bonds. The monoisotopic (exact) mass is 476 g/mol. The number of ether oxygens (including phenoxy) is 1. The van der Waals surface area contributed by atoms with Crippen LogP contribution in [0.15, 0.2) is 87.8 Å². The van der Waals surface area contributed by atoms with Crippen LogP contribution in [0, 0.1) is 5.82 Å². The van der Waals surface area contributed by atoms with E-state index in [0.717, 1.165) is 11.8 Å². The first-order chi connectivity index (χ1) is 16.5. The smallest absolute Gasteiger partial charge is 0.266 e. The summed E-state index contributed by atoms with van der Waals surface area (Å²) in [6, 6.07) is 19.9.